The van der Waals surface area contributed by atoms with Gasteiger partial charge in [0.2, 0.25) is 5.91 Å². The predicted octanol–water partition coefficient (Wildman–Crippen LogP) is 4.07. The molecule has 0 saturated carbocycles. The van der Waals surface area contributed by atoms with E-state index in [1.807, 2.05) is 13.0 Å². The van der Waals surface area contributed by atoms with Gasteiger partial charge in [0.15, 0.2) is 4.34 Å². The summed E-state index contributed by atoms with van der Waals surface area (Å²) in [4.78, 5) is 15.9. The average Bonchev–Trinajstić information content (AvgIpc) is 3.29. The summed E-state index contributed by atoms with van der Waals surface area (Å²) in [6, 6.07) is 12.7. The summed E-state index contributed by atoms with van der Waals surface area (Å²) in [6.07, 6.45) is 0.830. The molecule has 3 aromatic rings. The molecule has 0 bridgehead atoms. The predicted molar refractivity (Wildman–Crippen MR) is 117 cm³/mol. The Balaban J connectivity index is 1.41. The zero-order chi connectivity index (χ0) is 20.2. The minimum Gasteiger partial charge on any atom is -0.316 e. The molecule has 0 radical (unpaired) electrons. The lowest BCUT2D eigenvalue weighted by molar-refractivity contribution is -0.113. The normalized spacial score (nSPS) is 13.7. The molecule has 0 aliphatic carbocycles. The van der Waals surface area contributed by atoms with Gasteiger partial charge in [-0.3, -0.25) is 9.69 Å². The van der Waals surface area contributed by atoms with E-state index in [9.17, 15) is 10.1 Å². The SMILES string of the molecule is Cc1nnc(SCC(=O)Nc2sc3c(c2C#N)CCN(Cc2ccccc2)C3)s1. The highest BCUT2D eigenvalue weighted by atomic mass is 32.2. The average molecular weight is 442 g/mol. The number of aryl methyl sites for hydroxylation is 1. The Bertz CT molecular complexity index is 1050. The van der Waals surface area contributed by atoms with Crippen LogP contribution in [0.3, 0.4) is 0 Å². The van der Waals surface area contributed by atoms with Gasteiger partial charge in [0.1, 0.15) is 16.1 Å². The van der Waals surface area contributed by atoms with Crippen molar-refractivity contribution >= 4 is 45.3 Å². The lowest BCUT2D eigenvalue weighted by Crippen LogP contribution is -2.29. The number of carbonyl (C=O) groups is 1. The Morgan fingerprint density at radius 1 is 1.31 bits per heavy atom. The Morgan fingerprint density at radius 2 is 2.14 bits per heavy atom. The lowest BCUT2D eigenvalue weighted by atomic mass is 10.0. The molecule has 2 aromatic heterocycles. The number of rotatable bonds is 6. The Morgan fingerprint density at radius 3 is 2.86 bits per heavy atom. The van der Waals surface area contributed by atoms with Gasteiger partial charge in [-0.05, 0) is 24.5 Å². The first-order valence-corrected chi connectivity index (χ1v) is 11.8. The molecule has 1 N–H and O–H groups in total. The van der Waals surface area contributed by atoms with Crippen LogP contribution in [0.5, 0.6) is 0 Å². The van der Waals surface area contributed by atoms with E-state index < -0.39 is 0 Å². The molecule has 0 saturated heterocycles. The van der Waals surface area contributed by atoms with E-state index >= 15 is 0 Å². The molecule has 1 aromatic carbocycles. The number of thiophene rings is 1. The van der Waals surface area contributed by atoms with Crippen LogP contribution in [0.2, 0.25) is 0 Å². The van der Waals surface area contributed by atoms with Crippen LogP contribution in [-0.2, 0) is 24.3 Å². The molecule has 0 spiro atoms. The number of nitrogens with zero attached hydrogens (tertiary/aromatic N) is 4. The van der Waals surface area contributed by atoms with Gasteiger partial charge in [-0.15, -0.1) is 21.5 Å². The van der Waals surface area contributed by atoms with Crippen LogP contribution in [0.4, 0.5) is 5.00 Å². The van der Waals surface area contributed by atoms with Crippen LogP contribution < -0.4 is 5.32 Å². The first-order chi connectivity index (χ1) is 14.1. The van der Waals surface area contributed by atoms with Crippen molar-refractivity contribution in [2.24, 2.45) is 0 Å². The van der Waals surface area contributed by atoms with Crippen LogP contribution in [0.1, 0.15) is 26.6 Å². The van der Waals surface area contributed by atoms with Gasteiger partial charge in [0, 0.05) is 24.5 Å². The van der Waals surface area contributed by atoms with Crippen LogP contribution in [0, 0.1) is 18.3 Å². The number of aromatic nitrogens is 2. The van der Waals surface area contributed by atoms with E-state index in [1.54, 1.807) is 0 Å². The van der Waals surface area contributed by atoms with Crippen molar-refractivity contribution < 1.29 is 4.79 Å². The van der Waals surface area contributed by atoms with Gasteiger partial charge in [-0.25, -0.2) is 0 Å². The van der Waals surface area contributed by atoms with Crippen molar-refractivity contribution in [3.63, 3.8) is 0 Å². The van der Waals surface area contributed by atoms with E-state index in [4.69, 9.17) is 0 Å². The molecular weight excluding hydrogens is 422 g/mol. The maximum absolute atomic E-state index is 12.4. The lowest BCUT2D eigenvalue weighted by Gasteiger charge is -2.26. The summed E-state index contributed by atoms with van der Waals surface area (Å²) in [7, 11) is 0. The first-order valence-electron chi connectivity index (χ1n) is 9.16. The van der Waals surface area contributed by atoms with Crippen LogP contribution in [0.25, 0.3) is 0 Å². The number of thioether (sulfide) groups is 1. The zero-order valence-electron chi connectivity index (χ0n) is 15.8. The number of amides is 1. The second kappa shape index (κ2) is 9.05. The fraction of sp³-hybridized carbons (Fsp3) is 0.300. The molecule has 9 heteroatoms. The molecule has 0 atom stereocenters. The van der Waals surface area contributed by atoms with Gasteiger partial charge in [-0.1, -0.05) is 53.4 Å². The second-order valence-corrected chi connectivity index (χ2v) is 10.2. The quantitative estimate of drug-likeness (QED) is 0.581. The molecule has 4 rings (SSSR count). The number of nitrogens with one attached hydrogen (secondary N) is 1. The van der Waals surface area contributed by atoms with E-state index in [1.165, 1.54) is 44.9 Å². The van der Waals surface area contributed by atoms with E-state index in [-0.39, 0.29) is 11.7 Å². The molecule has 1 amide bonds. The molecule has 1 aliphatic heterocycles. The molecule has 3 heterocycles. The number of hydrogen-bond donors (Lipinski definition) is 1. The van der Waals surface area contributed by atoms with Crippen molar-refractivity contribution in [2.75, 3.05) is 17.6 Å². The number of benzene rings is 1. The number of nitriles is 1. The summed E-state index contributed by atoms with van der Waals surface area (Å²) in [5.41, 5.74) is 2.99. The van der Waals surface area contributed by atoms with Crippen molar-refractivity contribution in [1.29, 1.82) is 5.26 Å². The molecule has 0 fully saturated rings. The number of fused-ring (bicyclic) bond motifs is 1. The van der Waals surface area contributed by atoms with E-state index in [0.717, 1.165) is 41.0 Å². The van der Waals surface area contributed by atoms with Gasteiger partial charge >= 0.3 is 0 Å². The fourth-order valence-corrected chi connectivity index (χ4v) is 6.14. The highest BCUT2D eigenvalue weighted by molar-refractivity contribution is 8.01. The smallest absolute Gasteiger partial charge is 0.235 e. The largest absolute Gasteiger partial charge is 0.316 e. The fourth-order valence-electron chi connectivity index (χ4n) is 3.27. The van der Waals surface area contributed by atoms with Crippen LogP contribution >= 0.6 is 34.4 Å². The Labute approximate surface area is 181 Å². The highest BCUT2D eigenvalue weighted by Gasteiger charge is 2.25. The van der Waals surface area contributed by atoms with Crippen molar-refractivity contribution in [3.8, 4) is 6.07 Å². The van der Waals surface area contributed by atoms with Crippen molar-refractivity contribution in [1.82, 2.24) is 15.1 Å². The third-order valence-corrected chi connectivity index (χ3v) is 7.69. The zero-order valence-corrected chi connectivity index (χ0v) is 18.3. The number of anilines is 1. The minimum atomic E-state index is -0.126. The summed E-state index contributed by atoms with van der Waals surface area (Å²) in [5.74, 6) is 0.126. The van der Waals surface area contributed by atoms with Gasteiger partial charge in [0.25, 0.3) is 0 Å². The first kappa shape index (κ1) is 20.0. The molecule has 0 unspecified atom stereocenters. The molecule has 1 aliphatic rings. The topological polar surface area (TPSA) is 81.9 Å². The Hall–Kier alpha value is -2.25. The van der Waals surface area contributed by atoms with Crippen molar-refractivity contribution in [2.45, 2.75) is 30.8 Å². The second-order valence-electron chi connectivity index (χ2n) is 6.69. The molecule has 29 heavy (non-hydrogen) atoms. The van der Waals surface area contributed by atoms with Crippen LogP contribution in [-0.4, -0.2) is 33.3 Å². The summed E-state index contributed by atoms with van der Waals surface area (Å²) < 4.78 is 0.778. The summed E-state index contributed by atoms with van der Waals surface area (Å²) in [6.45, 7) is 4.49. The molecule has 6 nitrogen and oxygen atoms in total. The molecule has 148 valence electrons. The van der Waals surface area contributed by atoms with Gasteiger partial charge < -0.3 is 5.32 Å². The molecular formula is C20H19N5OS3. The standard InChI is InChI=1S/C20H19N5OS3/c1-13-23-24-20(28-13)27-12-18(26)22-19-16(9-21)15-7-8-25(11-17(15)29-19)10-14-5-3-2-4-6-14/h2-6H,7-8,10-12H2,1H3,(H,22,26). The van der Waals surface area contributed by atoms with E-state index in [2.05, 4.69) is 50.7 Å². The van der Waals surface area contributed by atoms with Gasteiger partial charge in [-0.2, -0.15) is 5.26 Å². The van der Waals surface area contributed by atoms with E-state index in [0.29, 0.717) is 10.6 Å². The maximum Gasteiger partial charge on any atom is 0.235 e. The maximum atomic E-state index is 12.4. The Kier molecular flexibility index (Phi) is 6.25. The third-order valence-electron chi connectivity index (χ3n) is 4.58. The van der Waals surface area contributed by atoms with Crippen LogP contribution in [0.15, 0.2) is 34.7 Å². The number of hydrogen-bond acceptors (Lipinski definition) is 8. The minimum absolute atomic E-state index is 0.126. The summed E-state index contributed by atoms with van der Waals surface area (Å²) in [5, 5.41) is 22.1. The third kappa shape index (κ3) is 4.85. The highest BCUT2D eigenvalue weighted by Crippen LogP contribution is 2.37. The monoisotopic (exact) mass is 441 g/mol. The van der Waals surface area contributed by atoms with Gasteiger partial charge in [0.05, 0.1) is 11.3 Å². The summed E-state index contributed by atoms with van der Waals surface area (Å²) >= 11 is 4.36. The van der Waals surface area contributed by atoms with Crippen molar-refractivity contribution in [3.05, 3.63) is 56.9 Å². The number of carbonyl (C=O) groups excluding carboxylic acids is 1.